The number of aliphatic carboxylic acids is 1. The van der Waals surface area contributed by atoms with Gasteiger partial charge in [0.05, 0.1) is 19.3 Å². The lowest BCUT2D eigenvalue weighted by Crippen LogP contribution is -2.05. The molecule has 0 aliphatic heterocycles. The number of benzene rings is 1. The third kappa shape index (κ3) is 3.72. The molecule has 0 unspecified atom stereocenters. The molecule has 0 aliphatic rings. The van der Waals surface area contributed by atoms with E-state index in [0.29, 0.717) is 6.54 Å². The second-order valence-corrected chi connectivity index (χ2v) is 4.83. The summed E-state index contributed by atoms with van der Waals surface area (Å²) in [5.74, 6) is -0.207. The molecule has 0 spiro atoms. The quantitative estimate of drug-likeness (QED) is 0.858. The Hall–Kier alpha value is -2.56. The number of carbonyl (C=O) groups is 1. The van der Waals surface area contributed by atoms with Crippen LogP contribution in [0, 0.1) is 13.8 Å². The first-order valence-electron chi connectivity index (χ1n) is 6.58. The fourth-order valence-corrected chi connectivity index (χ4v) is 2.19. The van der Waals surface area contributed by atoms with E-state index in [1.165, 1.54) is 0 Å². The van der Waals surface area contributed by atoms with Gasteiger partial charge in [0.15, 0.2) is 0 Å². The zero-order valence-electron chi connectivity index (χ0n) is 12.3. The standard InChI is InChI=1S/C16H18N2O3/c1-11-8-12(2)18(17-11)10-14-9-13(5-7-16(19)20)4-6-15(14)21-3/h4-9H,10H2,1-3H3,(H,19,20). The Balaban J connectivity index is 2.34. The number of hydrogen-bond donors (Lipinski definition) is 1. The van der Waals surface area contributed by atoms with Gasteiger partial charge in [-0.2, -0.15) is 5.10 Å². The highest BCUT2D eigenvalue weighted by Gasteiger charge is 2.08. The van der Waals surface area contributed by atoms with Crippen LogP contribution in [0.25, 0.3) is 6.08 Å². The lowest BCUT2D eigenvalue weighted by molar-refractivity contribution is -0.131. The van der Waals surface area contributed by atoms with Crippen molar-refractivity contribution >= 4 is 12.0 Å². The molecule has 1 N–H and O–H groups in total. The summed E-state index contributed by atoms with van der Waals surface area (Å²) in [6.45, 7) is 4.53. The summed E-state index contributed by atoms with van der Waals surface area (Å²) in [5.41, 5.74) is 3.81. The van der Waals surface area contributed by atoms with Crippen LogP contribution < -0.4 is 4.74 Å². The van der Waals surface area contributed by atoms with Crippen LogP contribution in [0.4, 0.5) is 0 Å². The molecule has 0 saturated heterocycles. The minimum atomic E-state index is -0.967. The van der Waals surface area contributed by atoms with Crippen LogP contribution in [-0.2, 0) is 11.3 Å². The second-order valence-electron chi connectivity index (χ2n) is 4.83. The number of nitrogens with zero attached hydrogens (tertiary/aromatic N) is 2. The number of aromatic nitrogens is 2. The van der Waals surface area contributed by atoms with E-state index in [4.69, 9.17) is 9.84 Å². The summed E-state index contributed by atoms with van der Waals surface area (Å²) < 4.78 is 7.26. The van der Waals surface area contributed by atoms with Crippen molar-refractivity contribution in [2.24, 2.45) is 0 Å². The van der Waals surface area contributed by atoms with Crippen molar-refractivity contribution in [3.05, 3.63) is 52.9 Å². The molecule has 2 aromatic rings. The Morgan fingerprint density at radius 2 is 2.14 bits per heavy atom. The van der Waals surface area contributed by atoms with Crippen molar-refractivity contribution < 1.29 is 14.6 Å². The lowest BCUT2D eigenvalue weighted by Gasteiger charge is -2.11. The van der Waals surface area contributed by atoms with Gasteiger partial charge in [-0.25, -0.2) is 4.79 Å². The first kappa shape index (κ1) is 14.8. The van der Waals surface area contributed by atoms with E-state index in [9.17, 15) is 4.79 Å². The fourth-order valence-electron chi connectivity index (χ4n) is 2.19. The van der Waals surface area contributed by atoms with Crippen LogP contribution in [0.3, 0.4) is 0 Å². The summed E-state index contributed by atoms with van der Waals surface area (Å²) in [6, 6.07) is 7.58. The predicted molar refractivity (Wildman–Crippen MR) is 80.5 cm³/mol. The molecule has 0 aliphatic carbocycles. The highest BCUT2D eigenvalue weighted by molar-refractivity contribution is 5.85. The number of hydrogen-bond acceptors (Lipinski definition) is 3. The van der Waals surface area contributed by atoms with E-state index in [1.807, 2.05) is 42.8 Å². The van der Waals surface area contributed by atoms with Gasteiger partial charge in [0.25, 0.3) is 0 Å². The predicted octanol–water partition coefficient (Wildman–Crippen LogP) is 2.65. The average molecular weight is 286 g/mol. The van der Waals surface area contributed by atoms with Crippen LogP contribution >= 0.6 is 0 Å². The molecule has 2 rings (SSSR count). The minimum absolute atomic E-state index is 0.581. The summed E-state index contributed by atoms with van der Waals surface area (Å²) >= 11 is 0. The third-order valence-corrected chi connectivity index (χ3v) is 3.15. The molecule has 0 bridgehead atoms. The Bertz CT molecular complexity index is 687. The molecular weight excluding hydrogens is 268 g/mol. The van der Waals surface area contributed by atoms with Crippen molar-refractivity contribution in [3.63, 3.8) is 0 Å². The molecule has 1 aromatic heterocycles. The third-order valence-electron chi connectivity index (χ3n) is 3.15. The molecule has 0 radical (unpaired) electrons. The van der Waals surface area contributed by atoms with Crippen LogP contribution in [0.5, 0.6) is 5.75 Å². The molecular formula is C16H18N2O3. The second kappa shape index (κ2) is 6.26. The Morgan fingerprint density at radius 3 is 2.71 bits per heavy atom. The Morgan fingerprint density at radius 1 is 1.38 bits per heavy atom. The molecule has 5 heteroatoms. The van der Waals surface area contributed by atoms with E-state index in [0.717, 1.165) is 34.3 Å². The Labute approximate surface area is 123 Å². The molecule has 0 fully saturated rings. The highest BCUT2D eigenvalue weighted by Crippen LogP contribution is 2.22. The summed E-state index contributed by atoms with van der Waals surface area (Å²) in [6.07, 6.45) is 2.68. The zero-order valence-corrected chi connectivity index (χ0v) is 12.3. The highest BCUT2D eigenvalue weighted by atomic mass is 16.5. The van der Waals surface area contributed by atoms with Crippen molar-refractivity contribution in [1.82, 2.24) is 9.78 Å². The first-order chi connectivity index (χ1) is 9.99. The largest absolute Gasteiger partial charge is 0.496 e. The van der Waals surface area contributed by atoms with E-state index >= 15 is 0 Å². The maximum Gasteiger partial charge on any atom is 0.328 e. The van der Waals surface area contributed by atoms with Crippen molar-refractivity contribution in [1.29, 1.82) is 0 Å². The van der Waals surface area contributed by atoms with Gasteiger partial charge in [-0.05, 0) is 43.7 Å². The van der Waals surface area contributed by atoms with E-state index in [2.05, 4.69) is 5.10 Å². The first-order valence-corrected chi connectivity index (χ1v) is 6.58. The fraction of sp³-hybridized carbons (Fsp3) is 0.250. The monoisotopic (exact) mass is 286 g/mol. The van der Waals surface area contributed by atoms with E-state index in [-0.39, 0.29) is 0 Å². The van der Waals surface area contributed by atoms with Gasteiger partial charge in [-0.3, -0.25) is 4.68 Å². The molecule has 1 heterocycles. The number of carboxylic acid groups (broad SMARTS) is 1. The molecule has 5 nitrogen and oxygen atoms in total. The molecule has 0 saturated carbocycles. The maximum absolute atomic E-state index is 10.6. The SMILES string of the molecule is COc1ccc(C=CC(=O)O)cc1Cn1nc(C)cc1C. The smallest absolute Gasteiger partial charge is 0.328 e. The molecule has 110 valence electrons. The van der Waals surface area contributed by atoms with Gasteiger partial charge in [-0.15, -0.1) is 0 Å². The van der Waals surface area contributed by atoms with Gasteiger partial charge in [-0.1, -0.05) is 6.07 Å². The maximum atomic E-state index is 10.6. The molecule has 0 atom stereocenters. The van der Waals surface area contributed by atoms with Crippen LogP contribution in [0.1, 0.15) is 22.5 Å². The van der Waals surface area contributed by atoms with Crippen molar-refractivity contribution in [2.75, 3.05) is 7.11 Å². The van der Waals surface area contributed by atoms with Crippen LogP contribution in [0.15, 0.2) is 30.3 Å². The van der Waals surface area contributed by atoms with Crippen molar-refractivity contribution in [3.8, 4) is 5.75 Å². The van der Waals surface area contributed by atoms with Crippen molar-refractivity contribution in [2.45, 2.75) is 20.4 Å². The van der Waals surface area contributed by atoms with Gasteiger partial charge in [0.1, 0.15) is 5.75 Å². The number of rotatable bonds is 5. The normalized spacial score (nSPS) is 11.0. The summed E-state index contributed by atoms with van der Waals surface area (Å²) in [4.78, 5) is 10.6. The average Bonchev–Trinajstić information content (AvgIpc) is 2.75. The Kier molecular flexibility index (Phi) is 4.42. The molecule has 0 amide bonds. The number of aryl methyl sites for hydroxylation is 2. The van der Waals surface area contributed by atoms with Gasteiger partial charge >= 0.3 is 5.97 Å². The number of ether oxygens (including phenoxy) is 1. The lowest BCUT2D eigenvalue weighted by atomic mass is 10.1. The topological polar surface area (TPSA) is 64.3 Å². The van der Waals surface area contributed by atoms with Crippen LogP contribution in [-0.4, -0.2) is 28.0 Å². The minimum Gasteiger partial charge on any atom is -0.496 e. The van der Waals surface area contributed by atoms with E-state index < -0.39 is 5.97 Å². The molecule has 21 heavy (non-hydrogen) atoms. The van der Waals surface area contributed by atoms with Gasteiger partial charge < -0.3 is 9.84 Å². The number of methoxy groups -OCH3 is 1. The van der Waals surface area contributed by atoms with Gasteiger partial charge in [0.2, 0.25) is 0 Å². The van der Waals surface area contributed by atoms with Crippen LogP contribution in [0.2, 0.25) is 0 Å². The summed E-state index contributed by atoms with van der Waals surface area (Å²) in [7, 11) is 1.62. The summed E-state index contributed by atoms with van der Waals surface area (Å²) in [5, 5.41) is 13.1. The molecule has 1 aromatic carbocycles. The number of carboxylic acids is 1. The van der Waals surface area contributed by atoms with Gasteiger partial charge in [0, 0.05) is 17.3 Å². The van der Waals surface area contributed by atoms with E-state index in [1.54, 1.807) is 13.2 Å². The zero-order chi connectivity index (χ0) is 15.4.